The molecule has 0 saturated heterocycles. The Balaban J connectivity index is 1.47. The molecule has 8 heteroatoms. The van der Waals surface area contributed by atoms with Gasteiger partial charge in [-0.1, -0.05) is 18.2 Å². The maximum absolute atomic E-state index is 11.4. The molecule has 1 atom stereocenters. The highest BCUT2D eigenvalue weighted by atomic mass is 32.3. The van der Waals surface area contributed by atoms with E-state index in [-0.39, 0.29) is 5.75 Å². The minimum Gasteiger partial charge on any atom is -0.615 e. The Hall–Kier alpha value is -3.23. The number of rotatable bonds is 8. The maximum Gasteiger partial charge on any atom is 0.221 e. The Morgan fingerprint density at radius 3 is 2.81 bits per heavy atom. The van der Waals surface area contributed by atoms with Crippen molar-refractivity contribution >= 4 is 21.1 Å². The molecule has 0 aliphatic heterocycles. The summed E-state index contributed by atoms with van der Waals surface area (Å²) < 4.78 is 35.9. The number of aryl methyl sites for hydroxylation is 1. The van der Waals surface area contributed by atoms with Gasteiger partial charge in [-0.2, -0.15) is 5.10 Å². The van der Waals surface area contributed by atoms with E-state index in [0.29, 0.717) is 19.0 Å². The third-order valence-electron chi connectivity index (χ3n) is 4.90. The first kappa shape index (κ1) is 21.0. The predicted molar refractivity (Wildman–Crippen MR) is 120 cm³/mol. The Morgan fingerprint density at radius 2 is 2.00 bits per heavy atom. The van der Waals surface area contributed by atoms with E-state index in [4.69, 9.17) is 9.47 Å². The largest absolute Gasteiger partial charge is 0.615 e. The summed E-state index contributed by atoms with van der Waals surface area (Å²) in [5, 5.41) is 5.20. The molecule has 4 aromatic rings. The molecule has 2 aromatic carbocycles. The van der Waals surface area contributed by atoms with Crippen LogP contribution in [0, 0.1) is 0 Å². The van der Waals surface area contributed by atoms with E-state index in [9.17, 15) is 8.76 Å². The van der Waals surface area contributed by atoms with Gasteiger partial charge in [0.1, 0.15) is 18.1 Å². The van der Waals surface area contributed by atoms with Crippen molar-refractivity contribution in [3.8, 4) is 22.8 Å². The number of nitrogens with zero attached hydrogens (tertiary/aromatic N) is 3. The summed E-state index contributed by atoms with van der Waals surface area (Å²) in [7, 11) is -1.43. The summed E-state index contributed by atoms with van der Waals surface area (Å²) in [6, 6.07) is 17.6. The van der Waals surface area contributed by atoms with Crippen molar-refractivity contribution in [3.63, 3.8) is 0 Å². The standard InChI is InChI=1S/C23H23N3O4S/c1-29-23-21(7-4-10-24-23)18-6-3-5-17(13-18)16-30-20-8-9-22-19(14-20)15-25-26(22)11-12-31(2,27)28/h3-10,13-15H,11-12,16H2,1-2H3. The van der Waals surface area contributed by atoms with Crippen LogP contribution in [-0.2, 0) is 27.6 Å². The first-order chi connectivity index (χ1) is 14.9. The summed E-state index contributed by atoms with van der Waals surface area (Å²) in [5.41, 5.74) is 3.83. The van der Waals surface area contributed by atoms with Gasteiger partial charge in [-0.25, -0.2) is 4.98 Å². The Bertz CT molecular complexity index is 1250. The van der Waals surface area contributed by atoms with Gasteiger partial charge in [0.2, 0.25) is 5.88 Å². The summed E-state index contributed by atoms with van der Waals surface area (Å²) in [6.45, 7) is 0.733. The van der Waals surface area contributed by atoms with E-state index < -0.39 is 10.2 Å². The number of hydrogen-bond donors (Lipinski definition) is 0. The molecule has 0 amide bonds. The van der Waals surface area contributed by atoms with Gasteiger partial charge in [0, 0.05) is 27.4 Å². The van der Waals surface area contributed by atoms with Crippen LogP contribution in [0.4, 0.5) is 0 Å². The van der Waals surface area contributed by atoms with Gasteiger partial charge < -0.3 is 14.0 Å². The number of pyridine rings is 1. The Labute approximate surface area is 181 Å². The number of aromatic nitrogens is 3. The fraction of sp³-hybridized carbons (Fsp3) is 0.217. The van der Waals surface area contributed by atoms with E-state index in [1.807, 2.05) is 48.5 Å². The van der Waals surface area contributed by atoms with Gasteiger partial charge in [-0.05, 0) is 47.5 Å². The van der Waals surface area contributed by atoms with E-state index >= 15 is 0 Å². The monoisotopic (exact) mass is 437 g/mol. The van der Waals surface area contributed by atoms with Crippen LogP contribution in [-0.4, -0.2) is 38.4 Å². The van der Waals surface area contributed by atoms with Crippen LogP contribution in [0.3, 0.4) is 0 Å². The number of benzene rings is 2. The van der Waals surface area contributed by atoms with Crippen molar-refractivity contribution in [1.29, 1.82) is 0 Å². The van der Waals surface area contributed by atoms with Crippen molar-refractivity contribution in [2.45, 2.75) is 13.2 Å². The van der Waals surface area contributed by atoms with Gasteiger partial charge in [0.05, 0.1) is 31.6 Å². The third-order valence-corrected chi connectivity index (χ3v) is 5.82. The first-order valence-electron chi connectivity index (χ1n) is 9.77. The van der Waals surface area contributed by atoms with Crippen LogP contribution in [0.25, 0.3) is 22.0 Å². The molecule has 1 unspecified atom stereocenters. The summed E-state index contributed by atoms with van der Waals surface area (Å²) in [6.07, 6.45) is 4.65. The molecule has 4 rings (SSSR count). The maximum atomic E-state index is 11.4. The van der Waals surface area contributed by atoms with Crippen molar-refractivity contribution in [2.24, 2.45) is 0 Å². The second-order valence-corrected chi connectivity index (χ2v) is 9.53. The average Bonchev–Trinajstić information content (AvgIpc) is 3.18. The first-order valence-corrected chi connectivity index (χ1v) is 11.8. The van der Waals surface area contributed by atoms with E-state index in [1.165, 1.54) is 6.26 Å². The lowest BCUT2D eigenvalue weighted by molar-refractivity contribution is 0.306. The summed E-state index contributed by atoms with van der Waals surface area (Å²) in [4.78, 5) is 4.26. The van der Waals surface area contributed by atoms with Crippen LogP contribution < -0.4 is 9.47 Å². The molecule has 0 aliphatic rings. The molecular weight excluding hydrogens is 414 g/mol. The van der Waals surface area contributed by atoms with Gasteiger partial charge in [-0.15, -0.1) is 4.21 Å². The van der Waals surface area contributed by atoms with Gasteiger partial charge >= 0.3 is 0 Å². The fourth-order valence-electron chi connectivity index (χ4n) is 3.35. The molecule has 0 N–H and O–H groups in total. The van der Waals surface area contributed by atoms with E-state index in [1.54, 1.807) is 24.2 Å². The summed E-state index contributed by atoms with van der Waals surface area (Å²) >= 11 is 0. The van der Waals surface area contributed by atoms with Crippen molar-refractivity contribution in [3.05, 3.63) is 72.6 Å². The number of ether oxygens (including phenoxy) is 2. The number of fused-ring (bicyclic) bond motifs is 1. The molecule has 0 aliphatic carbocycles. The van der Waals surface area contributed by atoms with Crippen LogP contribution in [0.1, 0.15) is 5.56 Å². The Kier molecular flexibility index (Phi) is 6.01. The average molecular weight is 438 g/mol. The molecular formula is C23H23N3O4S. The molecule has 2 aromatic heterocycles. The van der Waals surface area contributed by atoms with Gasteiger partial charge in [0.25, 0.3) is 0 Å². The molecule has 0 bridgehead atoms. The van der Waals surface area contributed by atoms with Crippen LogP contribution in [0.15, 0.2) is 67.0 Å². The fourth-order valence-corrected chi connectivity index (χ4v) is 3.86. The van der Waals surface area contributed by atoms with Crippen molar-refractivity contribution in [2.75, 3.05) is 19.1 Å². The third kappa shape index (κ3) is 5.10. The zero-order chi connectivity index (χ0) is 21.8. The van der Waals surface area contributed by atoms with Crippen LogP contribution in [0.5, 0.6) is 11.6 Å². The molecule has 31 heavy (non-hydrogen) atoms. The lowest BCUT2D eigenvalue weighted by atomic mass is 10.0. The smallest absolute Gasteiger partial charge is 0.221 e. The van der Waals surface area contributed by atoms with Crippen LogP contribution in [0.2, 0.25) is 0 Å². The van der Waals surface area contributed by atoms with Gasteiger partial charge in [-0.3, -0.25) is 4.68 Å². The quantitative estimate of drug-likeness (QED) is 0.388. The minimum atomic E-state index is -3.04. The van der Waals surface area contributed by atoms with E-state index in [2.05, 4.69) is 16.1 Å². The van der Waals surface area contributed by atoms with Crippen LogP contribution >= 0.6 is 0 Å². The molecule has 0 saturated carbocycles. The minimum absolute atomic E-state index is 0.0556. The Morgan fingerprint density at radius 1 is 1.13 bits per heavy atom. The summed E-state index contributed by atoms with van der Waals surface area (Å²) in [5.74, 6) is 1.36. The number of methoxy groups -OCH3 is 1. The molecule has 0 radical (unpaired) electrons. The zero-order valence-corrected chi connectivity index (χ0v) is 18.2. The highest BCUT2D eigenvalue weighted by Crippen LogP contribution is 2.28. The highest BCUT2D eigenvalue weighted by molar-refractivity contribution is 7.96. The molecule has 160 valence electrons. The van der Waals surface area contributed by atoms with Crippen molar-refractivity contribution < 1.29 is 18.2 Å². The number of hydrogen-bond acceptors (Lipinski definition) is 6. The lowest BCUT2D eigenvalue weighted by Gasteiger charge is -2.11. The second kappa shape index (κ2) is 8.87. The molecule has 7 nitrogen and oxygen atoms in total. The van der Waals surface area contributed by atoms with Gasteiger partial charge in [0.15, 0.2) is 0 Å². The normalized spacial score (nSPS) is 13.1. The lowest BCUT2D eigenvalue weighted by Crippen LogP contribution is -2.17. The predicted octanol–water partition coefficient (Wildman–Crippen LogP) is 3.95. The molecule has 0 fully saturated rings. The highest BCUT2D eigenvalue weighted by Gasteiger charge is 2.11. The molecule has 2 heterocycles. The molecule has 0 spiro atoms. The zero-order valence-electron chi connectivity index (χ0n) is 17.4. The second-order valence-electron chi connectivity index (χ2n) is 7.27. The number of sulfone groups is 1. The van der Waals surface area contributed by atoms with Crippen molar-refractivity contribution in [1.82, 2.24) is 14.8 Å². The SMILES string of the molecule is COc1ncccc1-c1cccc(COc2ccc3c(cnn3CC[S+](C)(=O)[O-])c2)c1. The van der Waals surface area contributed by atoms with E-state index in [0.717, 1.165) is 33.3 Å². The topological polar surface area (TPSA) is 89.3 Å².